The Morgan fingerprint density at radius 1 is 1.25 bits per heavy atom. The predicted molar refractivity (Wildman–Crippen MR) is 93.6 cm³/mol. The molecule has 1 heterocycles. The molecule has 0 atom stereocenters. The average molecular weight is 391 g/mol. The number of hydrogen-bond donors (Lipinski definition) is 1. The van der Waals surface area contributed by atoms with Gasteiger partial charge in [-0.15, -0.1) is 0 Å². The zero-order chi connectivity index (χ0) is 17.3. The molecule has 3 aromatic rings. The van der Waals surface area contributed by atoms with E-state index in [4.69, 9.17) is 9.47 Å². The van der Waals surface area contributed by atoms with Crippen LogP contribution in [0.25, 0.3) is 22.4 Å². The lowest BCUT2D eigenvalue weighted by Gasteiger charge is -2.14. The quantitative estimate of drug-likeness (QED) is 0.720. The summed E-state index contributed by atoms with van der Waals surface area (Å²) in [6.07, 6.45) is 0. The van der Waals surface area contributed by atoms with Gasteiger partial charge in [-0.3, -0.25) is 4.79 Å². The summed E-state index contributed by atoms with van der Waals surface area (Å²) in [6, 6.07) is 11.0. The zero-order valence-electron chi connectivity index (χ0n) is 13.1. The average Bonchev–Trinajstić information content (AvgIpc) is 2.92. The molecule has 124 valence electrons. The van der Waals surface area contributed by atoms with Gasteiger partial charge in [0.15, 0.2) is 11.5 Å². The Morgan fingerprint density at radius 2 is 2.00 bits per heavy atom. The van der Waals surface area contributed by atoms with Crippen molar-refractivity contribution in [3.05, 3.63) is 40.9 Å². The maximum absolute atomic E-state index is 11.3. The van der Waals surface area contributed by atoms with E-state index in [1.165, 1.54) is 0 Å². The van der Waals surface area contributed by atoms with Crippen molar-refractivity contribution >= 4 is 32.9 Å². The van der Waals surface area contributed by atoms with Crippen molar-refractivity contribution in [2.45, 2.75) is 6.54 Å². The third-order valence-electron chi connectivity index (χ3n) is 3.63. The molecule has 1 N–H and O–H groups in total. The van der Waals surface area contributed by atoms with E-state index in [9.17, 15) is 9.90 Å². The number of benzene rings is 2. The molecule has 0 aliphatic carbocycles. The summed E-state index contributed by atoms with van der Waals surface area (Å²) in [5.74, 6) is 0.605. The summed E-state index contributed by atoms with van der Waals surface area (Å²) in [7, 11) is 3.09. The van der Waals surface area contributed by atoms with E-state index >= 15 is 0 Å². The highest BCUT2D eigenvalue weighted by molar-refractivity contribution is 9.10. The number of imidazole rings is 1. The maximum atomic E-state index is 11.3. The van der Waals surface area contributed by atoms with Gasteiger partial charge in [-0.2, -0.15) is 0 Å². The number of halogens is 1. The van der Waals surface area contributed by atoms with Gasteiger partial charge in [-0.05, 0) is 24.3 Å². The second kappa shape index (κ2) is 6.52. The van der Waals surface area contributed by atoms with Crippen LogP contribution in [0, 0.1) is 0 Å². The Hall–Kier alpha value is -2.54. The topological polar surface area (TPSA) is 73.6 Å². The third kappa shape index (κ3) is 2.82. The molecule has 0 spiro atoms. The molecular formula is C17H15BrN2O4. The van der Waals surface area contributed by atoms with Gasteiger partial charge >= 0.3 is 5.97 Å². The molecular weight excluding hydrogens is 376 g/mol. The number of ether oxygens (including phenoxy) is 2. The van der Waals surface area contributed by atoms with Gasteiger partial charge < -0.3 is 19.1 Å². The molecule has 0 unspecified atom stereocenters. The molecule has 0 radical (unpaired) electrons. The lowest BCUT2D eigenvalue weighted by Crippen LogP contribution is -2.10. The van der Waals surface area contributed by atoms with Gasteiger partial charge in [0.25, 0.3) is 0 Å². The Bertz CT molecular complexity index is 920. The van der Waals surface area contributed by atoms with Gasteiger partial charge in [-0.25, -0.2) is 4.98 Å². The standard InChI is InChI=1S/C17H15BrN2O4/c1-23-14-8-10(18)7-11(16(14)24-2)17-19-12-5-3-4-6-13(12)20(17)9-15(21)22/h3-8H,9H2,1-2H3,(H,21,22). The highest BCUT2D eigenvalue weighted by Gasteiger charge is 2.21. The van der Waals surface area contributed by atoms with Crippen molar-refractivity contribution in [2.75, 3.05) is 14.2 Å². The Kier molecular flexibility index (Phi) is 4.44. The number of fused-ring (bicyclic) bond motifs is 1. The normalized spacial score (nSPS) is 10.8. The number of aromatic nitrogens is 2. The van der Waals surface area contributed by atoms with Crippen molar-refractivity contribution in [3.63, 3.8) is 0 Å². The van der Waals surface area contributed by atoms with Crippen LogP contribution < -0.4 is 9.47 Å². The lowest BCUT2D eigenvalue weighted by molar-refractivity contribution is -0.137. The molecule has 0 amide bonds. The van der Waals surface area contributed by atoms with E-state index in [1.54, 1.807) is 24.9 Å². The van der Waals surface area contributed by atoms with Gasteiger partial charge in [0, 0.05) is 4.47 Å². The number of rotatable bonds is 5. The van der Waals surface area contributed by atoms with Crippen molar-refractivity contribution in [1.82, 2.24) is 9.55 Å². The molecule has 0 bridgehead atoms. The van der Waals surface area contributed by atoms with Crippen LogP contribution in [-0.2, 0) is 11.3 Å². The van der Waals surface area contributed by atoms with Crippen molar-refractivity contribution in [1.29, 1.82) is 0 Å². The molecule has 24 heavy (non-hydrogen) atoms. The largest absolute Gasteiger partial charge is 0.493 e. The Labute approximate surface area is 146 Å². The molecule has 0 aliphatic rings. The number of carboxylic acid groups (broad SMARTS) is 1. The van der Waals surface area contributed by atoms with Crippen molar-refractivity contribution in [2.24, 2.45) is 0 Å². The fraction of sp³-hybridized carbons (Fsp3) is 0.176. The highest BCUT2D eigenvalue weighted by atomic mass is 79.9. The number of carboxylic acids is 1. The van der Waals surface area contributed by atoms with Crippen molar-refractivity contribution < 1.29 is 19.4 Å². The molecule has 2 aromatic carbocycles. The molecule has 6 nitrogen and oxygen atoms in total. The Morgan fingerprint density at radius 3 is 2.67 bits per heavy atom. The first-order chi connectivity index (χ1) is 11.5. The number of aliphatic carboxylic acids is 1. The van der Waals surface area contributed by atoms with Gasteiger partial charge in [0.2, 0.25) is 0 Å². The van der Waals surface area contributed by atoms with Gasteiger partial charge in [-0.1, -0.05) is 28.1 Å². The summed E-state index contributed by atoms with van der Waals surface area (Å²) in [5.41, 5.74) is 2.12. The van der Waals surface area contributed by atoms with E-state index in [0.717, 1.165) is 15.5 Å². The molecule has 0 saturated carbocycles. The maximum Gasteiger partial charge on any atom is 0.323 e. The fourth-order valence-corrected chi connectivity index (χ4v) is 3.11. The van der Waals surface area contributed by atoms with Crippen LogP contribution in [-0.4, -0.2) is 34.8 Å². The minimum absolute atomic E-state index is 0.201. The summed E-state index contributed by atoms with van der Waals surface area (Å²) in [6.45, 7) is -0.201. The third-order valence-corrected chi connectivity index (χ3v) is 4.09. The van der Waals surface area contributed by atoms with Crippen LogP contribution in [0.4, 0.5) is 0 Å². The predicted octanol–water partition coefficient (Wildman–Crippen LogP) is 3.57. The number of para-hydroxylation sites is 2. The summed E-state index contributed by atoms with van der Waals surface area (Å²) in [4.78, 5) is 15.9. The lowest BCUT2D eigenvalue weighted by atomic mass is 10.1. The molecule has 1 aromatic heterocycles. The molecule has 0 saturated heterocycles. The van der Waals surface area contributed by atoms with Crippen LogP contribution in [0.1, 0.15) is 0 Å². The van der Waals surface area contributed by atoms with E-state index in [0.29, 0.717) is 22.9 Å². The highest BCUT2D eigenvalue weighted by Crippen LogP contribution is 2.41. The molecule has 0 aliphatic heterocycles. The van der Waals surface area contributed by atoms with Crippen LogP contribution in [0.5, 0.6) is 11.5 Å². The minimum atomic E-state index is -0.944. The van der Waals surface area contributed by atoms with E-state index in [-0.39, 0.29) is 6.54 Å². The first-order valence-electron chi connectivity index (χ1n) is 7.14. The monoisotopic (exact) mass is 390 g/mol. The second-order valence-electron chi connectivity index (χ2n) is 5.09. The van der Waals surface area contributed by atoms with E-state index in [1.807, 2.05) is 30.3 Å². The van der Waals surface area contributed by atoms with Gasteiger partial charge in [0.1, 0.15) is 12.4 Å². The van der Waals surface area contributed by atoms with Crippen LogP contribution >= 0.6 is 15.9 Å². The van der Waals surface area contributed by atoms with Crippen LogP contribution in [0.2, 0.25) is 0 Å². The summed E-state index contributed by atoms with van der Waals surface area (Å²) in [5, 5.41) is 9.28. The van der Waals surface area contributed by atoms with E-state index in [2.05, 4.69) is 20.9 Å². The number of hydrogen-bond acceptors (Lipinski definition) is 4. The smallest absolute Gasteiger partial charge is 0.323 e. The Balaban J connectivity index is 2.33. The SMILES string of the molecule is COc1cc(Br)cc(-c2nc3ccccc3n2CC(=O)O)c1OC. The number of nitrogens with zero attached hydrogens (tertiary/aromatic N) is 2. The fourth-order valence-electron chi connectivity index (χ4n) is 2.67. The van der Waals surface area contributed by atoms with Crippen LogP contribution in [0.3, 0.4) is 0 Å². The summed E-state index contributed by atoms with van der Waals surface area (Å²) >= 11 is 3.44. The van der Waals surface area contributed by atoms with Crippen LogP contribution in [0.15, 0.2) is 40.9 Å². The number of methoxy groups -OCH3 is 2. The second-order valence-corrected chi connectivity index (χ2v) is 6.01. The van der Waals surface area contributed by atoms with Crippen molar-refractivity contribution in [3.8, 4) is 22.9 Å². The first kappa shape index (κ1) is 16.3. The van der Waals surface area contributed by atoms with E-state index < -0.39 is 5.97 Å². The first-order valence-corrected chi connectivity index (χ1v) is 7.93. The number of carbonyl (C=O) groups is 1. The molecule has 0 fully saturated rings. The summed E-state index contributed by atoms with van der Waals surface area (Å²) < 4.78 is 13.3. The zero-order valence-corrected chi connectivity index (χ0v) is 14.7. The molecule has 7 heteroatoms. The molecule has 3 rings (SSSR count). The minimum Gasteiger partial charge on any atom is -0.493 e. The van der Waals surface area contributed by atoms with Gasteiger partial charge in [0.05, 0.1) is 30.8 Å².